The van der Waals surface area contributed by atoms with Gasteiger partial charge in [-0.1, -0.05) is 12.1 Å². The van der Waals surface area contributed by atoms with Gasteiger partial charge in [-0.3, -0.25) is 9.59 Å². The van der Waals surface area contributed by atoms with Crippen LogP contribution in [0.3, 0.4) is 0 Å². The van der Waals surface area contributed by atoms with E-state index in [1.54, 1.807) is 24.2 Å². The number of nitrogens with one attached hydrogen (secondary N) is 1. The fourth-order valence-electron chi connectivity index (χ4n) is 3.04. The average Bonchev–Trinajstić information content (AvgIpc) is 3.05. The maximum atomic E-state index is 13.0. The molecule has 0 saturated heterocycles. The number of aryl methyl sites for hydroxylation is 1. The number of hydrogen-bond donors (Lipinski definition) is 1. The number of carbonyl (C=O) groups excluding carboxylic acids is 2. The number of fused-ring (bicyclic) bond motifs is 1. The van der Waals surface area contributed by atoms with Crippen LogP contribution < -0.4 is 5.32 Å². The molecule has 0 bridgehead atoms. The van der Waals surface area contributed by atoms with Crippen molar-refractivity contribution in [2.45, 2.75) is 40.3 Å². The Hall–Kier alpha value is -3.22. The highest BCUT2D eigenvalue weighted by Crippen LogP contribution is 2.22. The van der Waals surface area contributed by atoms with E-state index in [9.17, 15) is 9.59 Å². The number of aromatic nitrogens is 3. The second-order valence-electron chi connectivity index (χ2n) is 7.26. The van der Waals surface area contributed by atoms with E-state index in [0.717, 1.165) is 16.6 Å². The van der Waals surface area contributed by atoms with Gasteiger partial charge in [-0.05, 0) is 44.5 Å². The Morgan fingerprint density at radius 2 is 2.00 bits per heavy atom. The van der Waals surface area contributed by atoms with Crippen LogP contribution in [-0.2, 0) is 11.3 Å². The quantitative estimate of drug-likeness (QED) is 0.735. The molecule has 3 aromatic rings. The second kappa shape index (κ2) is 7.80. The number of carbonyl (C=O) groups is 2. The zero-order chi connectivity index (χ0) is 20.4. The van der Waals surface area contributed by atoms with Crippen molar-refractivity contribution in [3.05, 3.63) is 53.3 Å². The number of benzene rings is 1. The van der Waals surface area contributed by atoms with Crippen molar-refractivity contribution < 1.29 is 9.59 Å². The molecule has 0 aliphatic carbocycles. The molecule has 0 saturated carbocycles. The molecule has 2 amide bonds. The van der Waals surface area contributed by atoms with Gasteiger partial charge in [0.05, 0.1) is 17.1 Å². The fraction of sp³-hybridized carbons (Fsp3) is 0.333. The summed E-state index contributed by atoms with van der Waals surface area (Å²) in [6.45, 7) is 7.93. The Bertz CT molecular complexity index is 1040. The summed E-state index contributed by atoms with van der Waals surface area (Å²) in [4.78, 5) is 30.6. The van der Waals surface area contributed by atoms with E-state index in [1.807, 2.05) is 49.7 Å². The largest absolute Gasteiger partial charge is 0.342 e. The van der Waals surface area contributed by atoms with Gasteiger partial charge in [0.15, 0.2) is 5.65 Å². The highest BCUT2D eigenvalue weighted by Gasteiger charge is 2.17. The molecule has 146 valence electrons. The van der Waals surface area contributed by atoms with Crippen molar-refractivity contribution in [1.29, 1.82) is 0 Å². The van der Waals surface area contributed by atoms with Crippen molar-refractivity contribution in [3.8, 4) is 0 Å². The van der Waals surface area contributed by atoms with E-state index in [4.69, 9.17) is 0 Å². The Morgan fingerprint density at radius 3 is 2.68 bits per heavy atom. The summed E-state index contributed by atoms with van der Waals surface area (Å²) in [5, 5.41) is 8.06. The first-order valence-electron chi connectivity index (χ1n) is 9.23. The van der Waals surface area contributed by atoms with E-state index in [1.165, 1.54) is 6.92 Å². The Balaban J connectivity index is 1.89. The lowest BCUT2D eigenvalue weighted by molar-refractivity contribution is -0.128. The predicted octanol–water partition coefficient (Wildman–Crippen LogP) is 3.55. The van der Waals surface area contributed by atoms with Crippen LogP contribution in [0.1, 0.15) is 48.4 Å². The number of pyridine rings is 1. The van der Waals surface area contributed by atoms with Crippen LogP contribution in [0.4, 0.5) is 5.69 Å². The van der Waals surface area contributed by atoms with Crippen LogP contribution in [0.5, 0.6) is 0 Å². The summed E-state index contributed by atoms with van der Waals surface area (Å²) in [6.07, 6.45) is 1.69. The van der Waals surface area contributed by atoms with Crippen LogP contribution in [0, 0.1) is 6.92 Å². The fourth-order valence-corrected chi connectivity index (χ4v) is 3.04. The van der Waals surface area contributed by atoms with Crippen molar-refractivity contribution in [1.82, 2.24) is 19.7 Å². The zero-order valence-electron chi connectivity index (χ0n) is 16.9. The van der Waals surface area contributed by atoms with Gasteiger partial charge < -0.3 is 10.2 Å². The predicted molar refractivity (Wildman–Crippen MR) is 109 cm³/mol. The Kier molecular flexibility index (Phi) is 5.44. The third-order valence-electron chi connectivity index (χ3n) is 4.57. The molecule has 3 rings (SSSR count). The van der Waals surface area contributed by atoms with Gasteiger partial charge >= 0.3 is 0 Å². The van der Waals surface area contributed by atoms with E-state index in [2.05, 4.69) is 15.4 Å². The van der Waals surface area contributed by atoms with Crippen molar-refractivity contribution in [3.63, 3.8) is 0 Å². The number of rotatable bonds is 5. The highest BCUT2D eigenvalue weighted by molar-refractivity contribution is 6.12. The van der Waals surface area contributed by atoms with Crippen LogP contribution in [-0.4, -0.2) is 38.5 Å². The molecule has 1 N–H and O–H groups in total. The first-order valence-corrected chi connectivity index (χ1v) is 9.23. The van der Waals surface area contributed by atoms with Gasteiger partial charge in [-0.25, -0.2) is 9.67 Å². The van der Waals surface area contributed by atoms with Crippen LogP contribution >= 0.6 is 0 Å². The van der Waals surface area contributed by atoms with Crippen molar-refractivity contribution in [2.75, 3.05) is 12.4 Å². The summed E-state index contributed by atoms with van der Waals surface area (Å²) in [7, 11) is 1.75. The summed E-state index contributed by atoms with van der Waals surface area (Å²) < 4.78 is 1.82. The molecule has 2 heterocycles. The van der Waals surface area contributed by atoms with Crippen LogP contribution in [0.25, 0.3) is 11.0 Å². The average molecular weight is 379 g/mol. The van der Waals surface area contributed by atoms with E-state index >= 15 is 0 Å². The highest BCUT2D eigenvalue weighted by atomic mass is 16.2. The summed E-state index contributed by atoms with van der Waals surface area (Å²) in [6, 6.07) is 9.42. The molecule has 7 nitrogen and oxygen atoms in total. The first kappa shape index (κ1) is 19.5. The summed E-state index contributed by atoms with van der Waals surface area (Å²) in [5.74, 6) is -0.220. The molecule has 2 aromatic heterocycles. The van der Waals surface area contributed by atoms with Gasteiger partial charge in [-0.2, -0.15) is 5.10 Å². The standard InChI is InChI=1S/C21H25N5O2/c1-13(2)26-20-19(11-22-26)18(9-14(3)23-20)21(28)24-17-8-6-7-16(10-17)12-25(5)15(4)27/h6-11,13H,12H2,1-5H3,(H,24,28). The molecule has 0 spiro atoms. The number of nitrogens with zero attached hydrogens (tertiary/aromatic N) is 4. The summed E-state index contributed by atoms with van der Waals surface area (Å²) >= 11 is 0. The number of amides is 2. The van der Waals surface area contributed by atoms with E-state index in [-0.39, 0.29) is 17.9 Å². The van der Waals surface area contributed by atoms with Crippen molar-refractivity contribution in [2.24, 2.45) is 0 Å². The SMILES string of the molecule is CC(=O)N(C)Cc1cccc(NC(=O)c2cc(C)nc3c2cnn3C(C)C)c1. The third kappa shape index (κ3) is 4.03. The van der Waals surface area contributed by atoms with Gasteiger partial charge in [-0.15, -0.1) is 0 Å². The molecule has 0 aliphatic heterocycles. The molecule has 28 heavy (non-hydrogen) atoms. The molecule has 1 aromatic carbocycles. The zero-order valence-corrected chi connectivity index (χ0v) is 16.9. The van der Waals surface area contributed by atoms with E-state index in [0.29, 0.717) is 23.4 Å². The van der Waals surface area contributed by atoms with E-state index < -0.39 is 0 Å². The first-order chi connectivity index (χ1) is 13.3. The molecule has 0 atom stereocenters. The lowest BCUT2D eigenvalue weighted by Gasteiger charge is -2.15. The topological polar surface area (TPSA) is 80.1 Å². The monoisotopic (exact) mass is 379 g/mol. The second-order valence-corrected chi connectivity index (χ2v) is 7.26. The minimum absolute atomic E-state index is 0.00810. The normalized spacial score (nSPS) is 11.1. The van der Waals surface area contributed by atoms with Gasteiger partial charge in [0, 0.05) is 37.9 Å². The molecular formula is C21H25N5O2. The van der Waals surface area contributed by atoms with Gasteiger partial charge in [0.1, 0.15) is 0 Å². The molecule has 0 radical (unpaired) electrons. The maximum absolute atomic E-state index is 13.0. The lowest BCUT2D eigenvalue weighted by Crippen LogP contribution is -2.23. The lowest BCUT2D eigenvalue weighted by atomic mass is 10.1. The smallest absolute Gasteiger partial charge is 0.256 e. The molecule has 7 heteroatoms. The molecule has 0 unspecified atom stereocenters. The Labute approximate surface area is 164 Å². The summed E-state index contributed by atoms with van der Waals surface area (Å²) in [5.41, 5.74) is 3.63. The maximum Gasteiger partial charge on any atom is 0.256 e. The molecular weight excluding hydrogens is 354 g/mol. The minimum Gasteiger partial charge on any atom is -0.342 e. The van der Waals surface area contributed by atoms with Gasteiger partial charge in [0.25, 0.3) is 5.91 Å². The number of hydrogen-bond acceptors (Lipinski definition) is 4. The third-order valence-corrected chi connectivity index (χ3v) is 4.57. The molecule has 0 aliphatic rings. The van der Waals surface area contributed by atoms with Gasteiger partial charge in [0.2, 0.25) is 5.91 Å². The molecule has 0 fully saturated rings. The number of anilines is 1. The van der Waals surface area contributed by atoms with Crippen LogP contribution in [0.2, 0.25) is 0 Å². The van der Waals surface area contributed by atoms with Crippen LogP contribution in [0.15, 0.2) is 36.5 Å². The Morgan fingerprint density at radius 1 is 1.25 bits per heavy atom. The van der Waals surface area contributed by atoms with Crippen molar-refractivity contribution >= 4 is 28.5 Å². The minimum atomic E-state index is -0.212.